The van der Waals surface area contributed by atoms with Crippen LogP contribution in [0.1, 0.15) is 25.7 Å². The lowest BCUT2D eigenvalue weighted by molar-refractivity contribution is 0.103. The lowest BCUT2D eigenvalue weighted by atomic mass is 10.1. The molecule has 0 spiro atoms. The zero-order valence-corrected chi connectivity index (χ0v) is 21.7. The van der Waals surface area contributed by atoms with Crippen LogP contribution < -0.4 is 14.8 Å². The minimum absolute atomic E-state index is 0.174. The van der Waals surface area contributed by atoms with Gasteiger partial charge in [-0.3, -0.25) is 14.5 Å². The van der Waals surface area contributed by atoms with Crippen LogP contribution in [0.15, 0.2) is 60.8 Å². The van der Waals surface area contributed by atoms with Crippen LogP contribution in [0.4, 0.5) is 20.2 Å². The number of aryl methyl sites for hydroxylation is 1. The largest absolute Gasteiger partial charge is 0.487 e. The summed E-state index contributed by atoms with van der Waals surface area (Å²) in [6.45, 7) is 1.62. The normalized spacial score (nSPS) is 11.0. The number of amides is 1. The number of sulfonamides is 1. The number of carbonyl (C=O) groups is 1. The first-order valence-electron chi connectivity index (χ1n) is 11.0. The summed E-state index contributed by atoms with van der Waals surface area (Å²) in [5, 5.41) is 12.0. The van der Waals surface area contributed by atoms with Crippen LogP contribution in [0.3, 0.4) is 0 Å². The van der Waals surface area contributed by atoms with E-state index in [2.05, 4.69) is 15.0 Å². The molecule has 12 heteroatoms. The highest BCUT2D eigenvalue weighted by molar-refractivity contribution is 7.92. The van der Waals surface area contributed by atoms with Crippen molar-refractivity contribution in [3.63, 3.8) is 0 Å². The van der Waals surface area contributed by atoms with Gasteiger partial charge in [0.1, 0.15) is 35.8 Å². The number of halogens is 2. The maximum absolute atomic E-state index is 13.6. The number of hydrogen-bond donors (Lipinski definition) is 2. The van der Waals surface area contributed by atoms with E-state index in [1.54, 1.807) is 31.2 Å². The Labute approximate surface area is 221 Å². The monoisotopic (exact) mass is 554 g/mol. The molecule has 8 nitrogen and oxygen atoms in total. The Balaban J connectivity index is 1.59. The number of rotatable bonds is 8. The molecular formula is C26H20F2N4O4S2. The molecule has 0 aliphatic rings. The Kier molecular flexibility index (Phi) is 7.70. The number of carbonyl (C=O) groups excluding carboxylic acids is 1. The van der Waals surface area contributed by atoms with Crippen molar-refractivity contribution in [2.75, 3.05) is 16.3 Å². The van der Waals surface area contributed by atoms with Crippen molar-refractivity contribution in [2.45, 2.75) is 13.5 Å². The average Bonchev–Trinajstić information content (AvgIpc) is 3.22. The summed E-state index contributed by atoms with van der Waals surface area (Å²) in [7, 11) is -3.48. The van der Waals surface area contributed by atoms with Crippen molar-refractivity contribution in [3.05, 3.63) is 93.3 Å². The molecule has 0 saturated carbocycles. The predicted molar refractivity (Wildman–Crippen MR) is 141 cm³/mol. The molecule has 0 bridgehead atoms. The lowest BCUT2D eigenvalue weighted by Crippen LogP contribution is -2.12. The second-order valence-corrected chi connectivity index (χ2v) is 11.2. The van der Waals surface area contributed by atoms with Gasteiger partial charge in [-0.1, -0.05) is 6.07 Å². The molecule has 2 aromatic heterocycles. The predicted octanol–water partition coefficient (Wildman–Crippen LogP) is 5.47. The highest BCUT2D eigenvalue weighted by Gasteiger charge is 2.19. The zero-order chi connectivity index (χ0) is 27.4. The summed E-state index contributed by atoms with van der Waals surface area (Å²) < 4.78 is 58.3. The van der Waals surface area contributed by atoms with Crippen molar-refractivity contribution in [2.24, 2.45) is 0 Å². The van der Waals surface area contributed by atoms with Crippen LogP contribution in [0.5, 0.6) is 5.75 Å². The molecular weight excluding hydrogens is 534 g/mol. The number of anilines is 2. The lowest BCUT2D eigenvalue weighted by Gasteiger charge is -2.11. The molecule has 4 aromatic rings. The van der Waals surface area contributed by atoms with Gasteiger partial charge in [0.25, 0.3) is 5.91 Å². The third kappa shape index (κ3) is 6.70. The second-order valence-electron chi connectivity index (χ2n) is 8.24. The Morgan fingerprint density at radius 1 is 1.11 bits per heavy atom. The standard InChI is InChI=1S/C26H20F2N4O4S2/c1-15-22(11-24(37-15)26(33)31-20-4-3-5-21(10-20)32-38(2,34)35)25-23(8-17(12-29)13-30-25)36-14-16-6-18(27)9-19(28)7-16/h3-11,13,32H,14H2,1-2H3,(H,31,33). The van der Waals surface area contributed by atoms with Crippen molar-refractivity contribution in [1.29, 1.82) is 5.26 Å². The molecule has 0 atom stereocenters. The van der Waals surface area contributed by atoms with Gasteiger partial charge in [-0.15, -0.1) is 11.3 Å². The fourth-order valence-corrected chi connectivity index (χ4v) is 5.04. The fraction of sp³-hybridized carbons (Fsp3) is 0.115. The third-order valence-corrected chi connectivity index (χ3v) is 6.77. The SMILES string of the molecule is Cc1sc(C(=O)Nc2cccc(NS(C)(=O)=O)c2)cc1-c1ncc(C#N)cc1OCc1cc(F)cc(F)c1. The molecule has 4 rings (SSSR count). The summed E-state index contributed by atoms with van der Waals surface area (Å²) in [6, 6.07) is 14.4. The van der Waals surface area contributed by atoms with Gasteiger partial charge >= 0.3 is 0 Å². The maximum Gasteiger partial charge on any atom is 0.265 e. The summed E-state index contributed by atoms with van der Waals surface area (Å²) in [6.07, 6.45) is 2.39. The number of nitrogens with one attached hydrogen (secondary N) is 2. The highest BCUT2D eigenvalue weighted by atomic mass is 32.2. The first kappa shape index (κ1) is 26.7. The van der Waals surface area contributed by atoms with Gasteiger partial charge in [0.15, 0.2) is 0 Å². The number of nitriles is 1. The summed E-state index contributed by atoms with van der Waals surface area (Å²) >= 11 is 1.20. The van der Waals surface area contributed by atoms with Gasteiger partial charge in [0.05, 0.1) is 22.4 Å². The van der Waals surface area contributed by atoms with E-state index in [1.807, 2.05) is 6.07 Å². The molecule has 0 aliphatic heterocycles. The van der Waals surface area contributed by atoms with Gasteiger partial charge in [-0.2, -0.15) is 5.26 Å². The van der Waals surface area contributed by atoms with Gasteiger partial charge < -0.3 is 10.1 Å². The van der Waals surface area contributed by atoms with Crippen molar-refractivity contribution < 1.29 is 26.7 Å². The number of nitrogens with zero attached hydrogens (tertiary/aromatic N) is 2. The number of ether oxygens (including phenoxy) is 1. The smallest absolute Gasteiger partial charge is 0.265 e. The van der Waals surface area contributed by atoms with Gasteiger partial charge in [0.2, 0.25) is 10.0 Å². The Morgan fingerprint density at radius 3 is 2.50 bits per heavy atom. The molecule has 0 radical (unpaired) electrons. The number of benzene rings is 2. The quantitative estimate of drug-likeness (QED) is 0.298. The zero-order valence-electron chi connectivity index (χ0n) is 20.1. The molecule has 2 N–H and O–H groups in total. The molecule has 0 fully saturated rings. The van der Waals surface area contributed by atoms with Crippen molar-refractivity contribution >= 4 is 38.6 Å². The molecule has 0 saturated heterocycles. The molecule has 1 amide bonds. The van der Waals surface area contributed by atoms with Crippen LogP contribution >= 0.6 is 11.3 Å². The number of thiophene rings is 1. The summed E-state index contributed by atoms with van der Waals surface area (Å²) in [4.78, 5) is 18.4. The Morgan fingerprint density at radius 2 is 1.82 bits per heavy atom. The first-order valence-corrected chi connectivity index (χ1v) is 13.7. The van der Waals surface area contributed by atoms with E-state index in [0.29, 0.717) is 27.5 Å². The van der Waals surface area contributed by atoms with Crippen LogP contribution in [-0.2, 0) is 16.6 Å². The maximum atomic E-state index is 13.6. The molecule has 38 heavy (non-hydrogen) atoms. The van der Waals surface area contributed by atoms with Gasteiger partial charge in [0, 0.05) is 34.5 Å². The van der Waals surface area contributed by atoms with Crippen molar-refractivity contribution in [1.82, 2.24) is 4.98 Å². The van der Waals surface area contributed by atoms with Crippen LogP contribution in [-0.4, -0.2) is 25.6 Å². The van der Waals surface area contributed by atoms with E-state index in [9.17, 15) is 27.3 Å². The number of pyridine rings is 1. The van der Waals surface area contributed by atoms with Crippen molar-refractivity contribution in [3.8, 4) is 23.1 Å². The minimum Gasteiger partial charge on any atom is -0.487 e. The van der Waals surface area contributed by atoms with Gasteiger partial charge in [-0.25, -0.2) is 17.2 Å². The van der Waals surface area contributed by atoms with E-state index in [4.69, 9.17) is 4.74 Å². The van der Waals surface area contributed by atoms with Crippen LogP contribution in [0.25, 0.3) is 11.3 Å². The van der Waals surface area contributed by atoms with E-state index < -0.39 is 27.6 Å². The van der Waals surface area contributed by atoms with Gasteiger partial charge in [-0.05, 0) is 48.9 Å². The summed E-state index contributed by atoms with van der Waals surface area (Å²) in [5.74, 6) is -1.70. The van der Waals surface area contributed by atoms with E-state index in [1.165, 1.54) is 29.7 Å². The van der Waals surface area contributed by atoms with Crippen LogP contribution in [0, 0.1) is 29.9 Å². The topological polar surface area (TPSA) is 121 Å². The number of aromatic nitrogens is 1. The average molecular weight is 555 g/mol. The summed E-state index contributed by atoms with van der Waals surface area (Å²) in [5.41, 5.74) is 2.10. The minimum atomic E-state index is -3.48. The van der Waals surface area contributed by atoms with E-state index in [0.717, 1.165) is 29.3 Å². The molecule has 0 aliphatic carbocycles. The highest BCUT2D eigenvalue weighted by Crippen LogP contribution is 2.36. The first-order chi connectivity index (χ1) is 18.0. The Hall–Kier alpha value is -4.34. The fourth-order valence-electron chi connectivity index (χ4n) is 3.57. The van der Waals surface area contributed by atoms with Crippen LogP contribution in [0.2, 0.25) is 0 Å². The molecule has 0 unspecified atom stereocenters. The van der Waals surface area contributed by atoms with E-state index in [-0.39, 0.29) is 23.5 Å². The number of hydrogen-bond acceptors (Lipinski definition) is 7. The Bertz CT molecular complexity index is 1660. The molecule has 2 heterocycles. The molecule has 2 aromatic carbocycles. The third-order valence-electron chi connectivity index (χ3n) is 5.12. The molecule has 194 valence electrons. The van der Waals surface area contributed by atoms with E-state index >= 15 is 0 Å². The second kappa shape index (κ2) is 11.0.